The lowest BCUT2D eigenvalue weighted by molar-refractivity contribution is -0.139. The van der Waals surface area contributed by atoms with Crippen LogP contribution in [-0.4, -0.2) is 39.2 Å². The zero-order valence-electron chi connectivity index (χ0n) is 15.1. The maximum absolute atomic E-state index is 12.0. The van der Waals surface area contributed by atoms with Crippen molar-refractivity contribution in [3.05, 3.63) is 49.9 Å². The molecular formula is C18H21N3O6. The van der Waals surface area contributed by atoms with E-state index in [1.807, 2.05) is 4.90 Å². The van der Waals surface area contributed by atoms with Gasteiger partial charge in [0.1, 0.15) is 5.76 Å². The largest absolute Gasteiger partial charge is 0.502 e. The first kappa shape index (κ1) is 18.7. The third-order valence-corrected chi connectivity index (χ3v) is 4.89. The van der Waals surface area contributed by atoms with Gasteiger partial charge in [0, 0.05) is 36.3 Å². The van der Waals surface area contributed by atoms with Crippen molar-refractivity contribution < 1.29 is 19.4 Å². The van der Waals surface area contributed by atoms with Crippen molar-refractivity contribution in [1.82, 2.24) is 9.97 Å². The van der Waals surface area contributed by atoms with E-state index in [2.05, 4.69) is 9.97 Å². The van der Waals surface area contributed by atoms with E-state index in [0.717, 1.165) is 0 Å². The Bertz CT molecular complexity index is 985. The van der Waals surface area contributed by atoms with Gasteiger partial charge < -0.3 is 19.5 Å². The molecule has 144 valence electrons. The predicted molar refractivity (Wildman–Crippen MR) is 96.4 cm³/mol. The van der Waals surface area contributed by atoms with E-state index in [1.165, 1.54) is 12.1 Å². The number of aromatic amines is 1. The van der Waals surface area contributed by atoms with Crippen LogP contribution in [0.4, 0.5) is 5.95 Å². The van der Waals surface area contributed by atoms with Gasteiger partial charge in [-0.1, -0.05) is 0 Å². The highest BCUT2D eigenvalue weighted by Crippen LogP contribution is 2.42. The Morgan fingerprint density at radius 3 is 2.56 bits per heavy atom. The fourth-order valence-electron chi connectivity index (χ4n) is 3.60. The maximum atomic E-state index is 12.0. The van der Waals surface area contributed by atoms with E-state index < -0.39 is 22.6 Å². The first-order valence-electron chi connectivity index (χ1n) is 8.59. The van der Waals surface area contributed by atoms with Crippen LogP contribution in [0.3, 0.4) is 0 Å². The summed E-state index contributed by atoms with van der Waals surface area (Å²) in [7, 11) is 0. The number of carboxylic acids is 1. The van der Waals surface area contributed by atoms with E-state index >= 15 is 0 Å². The first-order valence-corrected chi connectivity index (χ1v) is 8.59. The Labute approximate surface area is 154 Å². The minimum absolute atomic E-state index is 0.0141. The fraction of sp³-hybridized carbons (Fsp3) is 0.444. The number of aromatic nitrogens is 2. The molecule has 0 atom stereocenters. The number of rotatable bonds is 4. The summed E-state index contributed by atoms with van der Waals surface area (Å²) in [6.45, 7) is 4.07. The van der Waals surface area contributed by atoms with Crippen LogP contribution in [0.2, 0.25) is 0 Å². The van der Waals surface area contributed by atoms with Crippen molar-refractivity contribution >= 4 is 11.9 Å². The highest BCUT2D eigenvalue weighted by Gasteiger charge is 2.43. The summed E-state index contributed by atoms with van der Waals surface area (Å²) in [5, 5.41) is 19.6. The first-order chi connectivity index (χ1) is 12.7. The lowest BCUT2D eigenvalue weighted by atomic mass is 9.73. The minimum Gasteiger partial charge on any atom is -0.502 e. The number of aliphatic carboxylic acids is 1. The standard InChI is InChI=1S/C18H21N3O6/c1-10-7-13(23)20-17(19-10)21-5-3-18(4-6-21,9-14(24)25)16-15(26)12(22)8-11(2)27-16/h7-8,26H,3-6,9H2,1-2H3,(H,24,25)(H,19,20,23). The Kier molecular flexibility index (Phi) is 4.77. The van der Waals surface area contributed by atoms with Crippen LogP contribution < -0.4 is 15.9 Å². The molecule has 0 radical (unpaired) electrons. The molecule has 0 bridgehead atoms. The van der Waals surface area contributed by atoms with Crippen LogP contribution in [0.1, 0.15) is 36.5 Å². The molecule has 3 rings (SSSR count). The monoisotopic (exact) mass is 375 g/mol. The van der Waals surface area contributed by atoms with Gasteiger partial charge in [-0.3, -0.25) is 19.4 Å². The molecule has 0 aromatic carbocycles. The van der Waals surface area contributed by atoms with Crippen LogP contribution in [0.25, 0.3) is 0 Å². The molecule has 9 nitrogen and oxygen atoms in total. The topological polar surface area (TPSA) is 137 Å². The van der Waals surface area contributed by atoms with Gasteiger partial charge >= 0.3 is 5.97 Å². The third-order valence-electron chi connectivity index (χ3n) is 4.89. The van der Waals surface area contributed by atoms with Crippen molar-refractivity contribution in [3.63, 3.8) is 0 Å². The van der Waals surface area contributed by atoms with Gasteiger partial charge in [0.2, 0.25) is 17.1 Å². The number of hydrogen-bond acceptors (Lipinski definition) is 7. The lowest BCUT2D eigenvalue weighted by Crippen LogP contribution is -2.45. The van der Waals surface area contributed by atoms with Crippen LogP contribution in [0.15, 0.2) is 26.1 Å². The quantitative estimate of drug-likeness (QED) is 0.721. The predicted octanol–water partition coefficient (Wildman–Crippen LogP) is 1.06. The highest BCUT2D eigenvalue weighted by atomic mass is 16.4. The molecule has 0 aliphatic carbocycles. The zero-order chi connectivity index (χ0) is 19.8. The molecule has 3 heterocycles. The number of carbonyl (C=O) groups is 1. The summed E-state index contributed by atoms with van der Waals surface area (Å²) in [6, 6.07) is 2.56. The number of nitrogens with one attached hydrogen (secondary N) is 1. The van der Waals surface area contributed by atoms with Gasteiger partial charge in [0.05, 0.1) is 6.42 Å². The van der Waals surface area contributed by atoms with Gasteiger partial charge in [-0.15, -0.1) is 0 Å². The van der Waals surface area contributed by atoms with Crippen LogP contribution >= 0.6 is 0 Å². The van der Waals surface area contributed by atoms with E-state index in [0.29, 0.717) is 43.3 Å². The lowest BCUT2D eigenvalue weighted by Gasteiger charge is -2.40. The van der Waals surface area contributed by atoms with Gasteiger partial charge in [0.25, 0.3) is 5.56 Å². The summed E-state index contributed by atoms with van der Waals surface area (Å²) in [5.41, 5.74) is -1.28. The number of carboxylic acid groups (broad SMARTS) is 1. The summed E-state index contributed by atoms with van der Waals surface area (Å²) >= 11 is 0. The number of nitrogens with zero attached hydrogens (tertiary/aromatic N) is 2. The molecule has 0 unspecified atom stereocenters. The zero-order valence-corrected chi connectivity index (χ0v) is 15.1. The number of anilines is 1. The van der Waals surface area contributed by atoms with E-state index in [9.17, 15) is 24.6 Å². The smallest absolute Gasteiger partial charge is 0.304 e. The average Bonchev–Trinajstić information content (AvgIpc) is 2.57. The Balaban J connectivity index is 1.96. The van der Waals surface area contributed by atoms with Gasteiger partial charge in [-0.25, -0.2) is 4.98 Å². The van der Waals surface area contributed by atoms with Crippen molar-refractivity contribution in [2.45, 2.75) is 38.5 Å². The van der Waals surface area contributed by atoms with Gasteiger partial charge in [-0.05, 0) is 26.7 Å². The highest BCUT2D eigenvalue weighted by molar-refractivity contribution is 5.69. The molecule has 0 amide bonds. The molecule has 1 aliphatic heterocycles. The number of aryl methyl sites for hydroxylation is 2. The van der Waals surface area contributed by atoms with Gasteiger partial charge in [0.15, 0.2) is 5.76 Å². The summed E-state index contributed by atoms with van der Waals surface area (Å²) in [4.78, 5) is 44.0. The average molecular weight is 375 g/mol. The summed E-state index contributed by atoms with van der Waals surface area (Å²) in [5.74, 6) is -0.852. The molecule has 2 aromatic heterocycles. The number of piperidine rings is 1. The second-order valence-corrected chi connectivity index (χ2v) is 6.95. The molecule has 2 aromatic rings. The van der Waals surface area contributed by atoms with Crippen LogP contribution in [-0.2, 0) is 10.2 Å². The van der Waals surface area contributed by atoms with Gasteiger partial charge in [-0.2, -0.15) is 0 Å². The molecule has 9 heteroatoms. The second-order valence-electron chi connectivity index (χ2n) is 6.95. The molecule has 1 saturated heterocycles. The number of H-pyrrole nitrogens is 1. The van der Waals surface area contributed by atoms with E-state index in [-0.39, 0.29) is 17.7 Å². The fourth-order valence-corrected chi connectivity index (χ4v) is 3.60. The molecule has 3 N–H and O–H groups in total. The van der Waals surface area contributed by atoms with Crippen molar-refractivity contribution in [1.29, 1.82) is 0 Å². The Morgan fingerprint density at radius 2 is 1.96 bits per heavy atom. The number of aromatic hydroxyl groups is 1. The maximum Gasteiger partial charge on any atom is 0.304 e. The Hall–Kier alpha value is -3.10. The van der Waals surface area contributed by atoms with Crippen molar-refractivity contribution in [2.75, 3.05) is 18.0 Å². The molecule has 0 saturated carbocycles. The van der Waals surface area contributed by atoms with Crippen molar-refractivity contribution in [3.8, 4) is 5.75 Å². The summed E-state index contributed by atoms with van der Waals surface area (Å²) < 4.78 is 5.61. The van der Waals surface area contributed by atoms with Crippen LogP contribution in [0, 0.1) is 13.8 Å². The number of hydrogen-bond donors (Lipinski definition) is 3. The van der Waals surface area contributed by atoms with Crippen LogP contribution in [0.5, 0.6) is 5.75 Å². The Morgan fingerprint density at radius 1 is 1.30 bits per heavy atom. The van der Waals surface area contributed by atoms with Crippen molar-refractivity contribution in [2.24, 2.45) is 0 Å². The molecule has 1 aliphatic rings. The summed E-state index contributed by atoms with van der Waals surface area (Å²) in [6.07, 6.45) is 0.354. The van der Waals surface area contributed by atoms with E-state index in [1.54, 1.807) is 13.8 Å². The minimum atomic E-state index is -1.05. The molecule has 27 heavy (non-hydrogen) atoms. The molecule has 1 fully saturated rings. The third kappa shape index (κ3) is 3.71. The second kappa shape index (κ2) is 6.90. The normalized spacial score (nSPS) is 16.3. The molecule has 0 spiro atoms. The SMILES string of the molecule is Cc1cc(=O)[nH]c(N2CCC(CC(=O)O)(c3oc(C)cc(=O)c3O)CC2)n1. The van der Waals surface area contributed by atoms with E-state index in [4.69, 9.17) is 4.42 Å². The molecular weight excluding hydrogens is 354 g/mol.